The van der Waals surface area contributed by atoms with Gasteiger partial charge in [-0.25, -0.2) is 4.79 Å². The number of fused-ring (bicyclic) bond motifs is 1. The van der Waals surface area contributed by atoms with Crippen molar-refractivity contribution >= 4 is 44.6 Å². The maximum atomic E-state index is 12.0. The molecule has 9 heteroatoms. The minimum Gasteiger partial charge on any atom is -0.481 e. The molecule has 0 atom stereocenters. The van der Waals surface area contributed by atoms with Crippen molar-refractivity contribution in [2.45, 2.75) is 6.61 Å². The van der Waals surface area contributed by atoms with Crippen LogP contribution in [0.1, 0.15) is 5.82 Å². The highest BCUT2D eigenvalue weighted by Crippen LogP contribution is 2.32. The predicted molar refractivity (Wildman–Crippen MR) is 106 cm³/mol. The lowest BCUT2D eigenvalue weighted by Crippen LogP contribution is -2.19. The van der Waals surface area contributed by atoms with Crippen LogP contribution in [0.2, 0.25) is 0 Å². The van der Waals surface area contributed by atoms with Crippen LogP contribution in [0.3, 0.4) is 0 Å². The van der Waals surface area contributed by atoms with Gasteiger partial charge in [-0.3, -0.25) is 0 Å². The van der Waals surface area contributed by atoms with Crippen molar-refractivity contribution in [1.29, 1.82) is 0 Å². The SMILES string of the molecule is CN(C)c1nc(N)nc(COC(=O)COc2ccc3ccccc3c2Br)n1. The van der Waals surface area contributed by atoms with Crippen LogP contribution in [0.15, 0.2) is 40.9 Å². The third-order valence-corrected chi connectivity index (χ3v) is 4.44. The van der Waals surface area contributed by atoms with Gasteiger partial charge in [0, 0.05) is 14.1 Å². The van der Waals surface area contributed by atoms with E-state index in [1.54, 1.807) is 25.1 Å². The summed E-state index contributed by atoms with van der Waals surface area (Å²) >= 11 is 3.51. The van der Waals surface area contributed by atoms with Gasteiger partial charge in [0.25, 0.3) is 0 Å². The monoisotopic (exact) mass is 431 g/mol. The Bertz CT molecular complexity index is 980. The largest absolute Gasteiger partial charge is 0.481 e. The molecule has 27 heavy (non-hydrogen) atoms. The highest BCUT2D eigenvalue weighted by atomic mass is 79.9. The molecule has 2 aromatic carbocycles. The Labute approximate surface area is 164 Å². The second kappa shape index (κ2) is 8.17. The zero-order valence-corrected chi connectivity index (χ0v) is 16.4. The van der Waals surface area contributed by atoms with Gasteiger partial charge in [0.15, 0.2) is 19.0 Å². The molecule has 0 unspecified atom stereocenters. The van der Waals surface area contributed by atoms with Gasteiger partial charge in [-0.15, -0.1) is 0 Å². The number of halogens is 1. The molecule has 0 aliphatic rings. The number of carbonyl (C=O) groups is 1. The van der Waals surface area contributed by atoms with Crippen LogP contribution < -0.4 is 15.4 Å². The number of anilines is 2. The second-order valence-electron chi connectivity index (χ2n) is 5.85. The van der Waals surface area contributed by atoms with Gasteiger partial charge < -0.3 is 20.1 Å². The number of nitrogen functional groups attached to an aromatic ring is 1. The highest BCUT2D eigenvalue weighted by molar-refractivity contribution is 9.10. The van der Waals surface area contributed by atoms with E-state index < -0.39 is 5.97 Å². The summed E-state index contributed by atoms with van der Waals surface area (Å²) in [7, 11) is 3.56. The highest BCUT2D eigenvalue weighted by Gasteiger charge is 2.12. The number of rotatable bonds is 6. The molecule has 140 valence electrons. The van der Waals surface area contributed by atoms with Crippen molar-refractivity contribution in [2.24, 2.45) is 0 Å². The number of benzene rings is 2. The molecule has 2 N–H and O–H groups in total. The molecule has 0 saturated heterocycles. The lowest BCUT2D eigenvalue weighted by molar-refractivity contribution is -0.147. The van der Waals surface area contributed by atoms with Crippen molar-refractivity contribution in [3.63, 3.8) is 0 Å². The zero-order valence-electron chi connectivity index (χ0n) is 14.8. The van der Waals surface area contributed by atoms with E-state index in [1.165, 1.54) is 0 Å². The molecule has 0 bridgehead atoms. The molecular formula is C18H18BrN5O3. The minimum absolute atomic E-state index is 0.0658. The van der Waals surface area contributed by atoms with Crippen molar-refractivity contribution in [2.75, 3.05) is 31.3 Å². The molecule has 0 radical (unpaired) electrons. The fourth-order valence-electron chi connectivity index (χ4n) is 2.34. The van der Waals surface area contributed by atoms with Gasteiger partial charge in [-0.1, -0.05) is 30.3 Å². The lowest BCUT2D eigenvalue weighted by Gasteiger charge is -2.12. The van der Waals surface area contributed by atoms with Gasteiger partial charge in [-0.2, -0.15) is 15.0 Å². The predicted octanol–water partition coefficient (Wildman–Crippen LogP) is 2.56. The molecule has 3 rings (SSSR count). The molecule has 0 spiro atoms. The van der Waals surface area contributed by atoms with Gasteiger partial charge >= 0.3 is 5.97 Å². The third-order valence-electron chi connectivity index (χ3n) is 3.62. The second-order valence-corrected chi connectivity index (χ2v) is 6.65. The van der Waals surface area contributed by atoms with E-state index in [2.05, 4.69) is 30.9 Å². The van der Waals surface area contributed by atoms with Crippen LogP contribution in [-0.2, 0) is 16.1 Å². The number of aromatic nitrogens is 3. The standard InChI is InChI=1S/C18H18BrN5O3/c1-24(2)18-22-14(21-17(20)23-18)9-27-15(25)10-26-13-8-7-11-5-3-4-6-12(11)16(13)19/h3-8H,9-10H2,1-2H3,(H2,20,21,22,23). The topological polar surface area (TPSA) is 103 Å². The lowest BCUT2D eigenvalue weighted by atomic mass is 10.1. The summed E-state index contributed by atoms with van der Waals surface area (Å²) < 4.78 is 11.5. The fourth-order valence-corrected chi connectivity index (χ4v) is 2.95. The number of carbonyl (C=O) groups excluding carboxylic acids is 1. The Morgan fingerprint density at radius 3 is 2.70 bits per heavy atom. The molecular weight excluding hydrogens is 414 g/mol. The summed E-state index contributed by atoms with van der Waals surface area (Å²) in [4.78, 5) is 25.8. The molecule has 0 saturated carbocycles. The number of ether oxygens (including phenoxy) is 2. The van der Waals surface area contributed by atoms with Gasteiger partial charge in [0.1, 0.15) is 5.75 Å². The van der Waals surface area contributed by atoms with Crippen molar-refractivity contribution in [3.8, 4) is 5.75 Å². The summed E-state index contributed by atoms with van der Waals surface area (Å²) in [5, 5.41) is 2.07. The Hall–Kier alpha value is -2.94. The quantitative estimate of drug-likeness (QED) is 0.593. The normalized spacial score (nSPS) is 10.6. The number of nitrogens with two attached hydrogens (primary N) is 1. The number of hydrogen-bond acceptors (Lipinski definition) is 8. The van der Waals surface area contributed by atoms with Crippen LogP contribution in [0.5, 0.6) is 5.75 Å². The summed E-state index contributed by atoms with van der Waals surface area (Å²) in [5.41, 5.74) is 5.64. The molecule has 8 nitrogen and oxygen atoms in total. The maximum absolute atomic E-state index is 12.0. The average molecular weight is 432 g/mol. The summed E-state index contributed by atoms with van der Waals surface area (Å²) in [6.07, 6.45) is 0. The van der Waals surface area contributed by atoms with E-state index in [-0.39, 0.29) is 25.0 Å². The van der Waals surface area contributed by atoms with E-state index in [1.807, 2.05) is 30.3 Å². The van der Waals surface area contributed by atoms with E-state index >= 15 is 0 Å². The first-order valence-electron chi connectivity index (χ1n) is 8.07. The van der Waals surface area contributed by atoms with Crippen molar-refractivity contribution < 1.29 is 14.3 Å². The number of hydrogen-bond donors (Lipinski definition) is 1. The van der Waals surface area contributed by atoms with Gasteiger partial charge in [0.05, 0.1) is 4.47 Å². The van der Waals surface area contributed by atoms with E-state index in [4.69, 9.17) is 15.2 Å². The van der Waals surface area contributed by atoms with Crippen LogP contribution in [0, 0.1) is 0 Å². The summed E-state index contributed by atoms with van der Waals surface area (Å²) in [5.74, 6) is 0.748. The molecule has 0 aliphatic heterocycles. The number of esters is 1. The third kappa shape index (κ3) is 4.62. The van der Waals surface area contributed by atoms with Crippen LogP contribution >= 0.6 is 15.9 Å². The van der Waals surface area contributed by atoms with Gasteiger partial charge in [-0.05, 0) is 32.8 Å². The smallest absolute Gasteiger partial charge is 0.344 e. The first-order chi connectivity index (χ1) is 12.9. The van der Waals surface area contributed by atoms with E-state index in [0.717, 1.165) is 15.2 Å². The Balaban J connectivity index is 1.60. The first kappa shape index (κ1) is 18.8. The Morgan fingerprint density at radius 1 is 1.15 bits per heavy atom. The molecule has 0 amide bonds. The Kier molecular flexibility index (Phi) is 5.70. The minimum atomic E-state index is -0.541. The van der Waals surface area contributed by atoms with E-state index in [9.17, 15) is 4.79 Å². The van der Waals surface area contributed by atoms with Crippen molar-refractivity contribution in [3.05, 3.63) is 46.7 Å². The maximum Gasteiger partial charge on any atom is 0.344 e. The summed E-state index contributed by atoms with van der Waals surface area (Å²) in [6, 6.07) is 11.6. The van der Waals surface area contributed by atoms with Gasteiger partial charge in [0.2, 0.25) is 11.9 Å². The van der Waals surface area contributed by atoms with E-state index in [0.29, 0.717) is 11.7 Å². The summed E-state index contributed by atoms with van der Waals surface area (Å²) in [6.45, 7) is -0.354. The zero-order chi connectivity index (χ0) is 19.4. The number of nitrogens with zero attached hydrogens (tertiary/aromatic N) is 4. The molecule has 1 heterocycles. The molecule has 0 aliphatic carbocycles. The molecule has 0 fully saturated rings. The van der Waals surface area contributed by atoms with Crippen LogP contribution in [-0.4, -0.2) is 41.6 Å². The first-order valence-corrected chi connectivity index (χ1v) is 8.87. The van der Waals surface area contributed by atoms with Crippen LogP contribution in [0.25, 0.3) is 10.8 Å². The Morgan fingerprint density at radius 2 is 1.93 bits per heavy atom. The fraction of sp³-hybridized carbons (Fsp3) is 0.222. The average Bonchev–Trinajstić information content (AvgIpc) is 2.65. The van der Waals surface area contributed by atoms with Crippen LogP contribution in [0.4, 0.5) is 11.9 Å². The molecule has 1 aromatic heterocycles. The van der Waals surface area contributed by atoms with Crippen molar-refractivity contribution in [1.82, 2.24) is 15.0 Å². The molecule has 3 aromatic rings.